The van der Waals surface area contributed by atoms with Gasteiger partial charge in [-0.05, 0) is 5.92 Å². The quantitative estimate of drug-likeness (QED) is 0.714. The van der Waals surface area contributed by atoms with E-state index in [1.807, 2.05) is 0 Å². The topological polar surface area (TPSA) is 72.9 Å². The van der Waals surface area contributed by atoms with Gasteiger partial charge in [0.15, 0.2) is 0 Å². The van der Waals surface area contributed by atoms with Crippen molar-refractivity contribution in [2.75, 3.05) is 26.2 Å². The van der Waals surface area contributed by atoms with E-state index in [1.54, 1.807) is 4.90 Å². The molecule has 108 valence electrons. The SMILES string of the molecule is CCC(C)CN1CC2NCCC(=O)N2C(CO)C1=O. The van der Waals surface area contributed by atoms with Crippen molar-refractivity contribution in [2.45, 2.75) is 38.9 Å². The van der Waals surface area contributed by atoms with E-state index >= 15 is 0 Å². The minimum absolute atomic E-state index is 0.0423. The Morgan fingerprint density at radius 3 is 2.84 bits per heavy atom. The Morgan fingerprint density at radius 2 is 2.21 bits per heavy atom. The first-order valence-corrected chi connectivity index (χ1v) is 7.02. The number of nitrogens with zero attached hydrogens (tertiary/aromatic N) is 2. The third-order valence-corrected chi connectivity index (χ3v) is 4.07. The van der Waals surface area contributed by atoms with Crippen molar-refractivity contribution in [1.29, 1.82) is 0 Å². The van der Waals surface area contributed by atoms with Crippen LogP contribution in [-0.2, 0) is 9.59 Å². The van der Waals surface area contributed by atoms with Crippen LogP contribution in [0.4, 0.5) is 0 Å². The highest BCUT2D eigenvalue weighted by molar-refractivity contribution is 5.89. The van der Waals surface area contributed by atoms with E-state index in [0.717, 1.165) is 6.42 Å². The molecule has 0 aromatic heterocycles. The molecule has 2 fully saturated rings. The summed E-state index contributed by atoms with van der Waals surface area (Å²) in [4.78, 5) is 27.6. The summed E-state index contributed by atoms with van der Waals surface area (Å²) in [7, 11) is 0. The summed E-state index contributed by atoms with van der Waals surface area (Å²) >= 11 is 0. The molecule has 2 heterocycles. The molecule has 2 amide bonds. The van der Waals surface area contributed by atoms with Gasteiger partial charge in [0, 0.05) is 19.5 Å². The Hall–Kier alpha value is -1.14. The van der Waals surface area contributed by atoms with Crippen LogP contribution in [0.15, 0.2) is 0 Å². The van der Waals surface area contributed by atoms with Gasteiger partial charge in [-0.15, -0.1) is 0 Å². The second-order valence-electron chi connectivity index (χ2n) is 5.48. The number of hydrogen-bond acceptors (Lipinski definition) is 4. The second-order valence-corrected chi connectivity index (χ2v) is 5.48. The largest absolute Gasteiger partial charge is 0.394 e. The van der Waals surface area contributed by atoms with Crippen molar-refractivity contribution in [2.24, 2.45) is 5.92 Å². The van der Waals surface area contributed by atoms with Crippen LogP contribution in [-0.4, -0.2) is 65.2 Å². The minimum Gasteiger partial charge on any atom is -0.394 e. The van der Waals surface area contributed by atoms with Gasteiger partial charge in [0.25, 0.3) is 0 Å². The summed E-state index contributed by atoms with van der Waals surface area (Å²) in [6, 6.07) is -0.719. The van der Waals surface area contributed by atoms with Gasteiger partial charge >= 0.3 is 0 Å². The fourth-order valence-corrected chi connectivity index (χ4v) is 2.75. The fraction of sp³-hybridized carbons (Fsp3) is 0.846. The molecule has 2 rings (SSSR count). The number of carbonyl (C=O) groups is 2. The summed E-state index contributed by atoms with van der Waals surface area (Å²) < 4.78 is 0. The number of nitrogens with one attached hydrogen (secondary N) is 1. The smallest absolute Gasteiger partial charge is 0.247 e. The Labute approximate surface area is 113 Å². The van der Waals surface area contributed by atoms with Gasteiger partial charge in [0.2, 0.25) is 11.8 Å². The minimum atomic E-state index is -0.719. The molecule has 0 spiro atoms. The lowest BCUT2D eigenvalue weighted by atomic mass is 10.0. The lowest BCUT2D eigenvalue weighted by Crippen LogP contribution is -2.70. The molecule has 0 aromatic carbocycles. The Bertz CT molecular complexity index is 361. The third kappa shape index (κ3) is 2.74. The monoisotopic (exact) mass is 269 g/mol. The third-order valence-electron chi connectivity index (χ3n) is 4.07. The van der Waals surface area contributed by atoms with Crippen LogP contribution < -0.4 is 5.32 Å². The maximum Gasteiger partial charge on any atom is 0.247 e. The first-order valence-electron chi connectivity index (χ1n) is 7.02. The van der Waals surface area contributed by atoms with Crippen molar-refractivity contribution in [3.05, 3.63) is 0 Å². The van der Waals surface area contributed by atoms with Gasteiger partial charge in [-0.3, -0.25) is 14.9 Å². The average molecular weight is 269 g/mol. The molecule has 19 heavy (non-hydrogen) atoms. The van der Waals surface area contributed by atoms with E-state index in [9.17, 15) is 14.7 Å². The molecule has 3 atom stereocenters. The summed E-state index contributed by atoms with van der Waals surface area (Å²) in [5.74, 6) is 0.254. The van der Waals surface area contributed by atoms with E-state index in [-0.39, 0.29) is 24.6 Å². The first kappa shape index (κ1) is 14.3. The molecule has 2 aliphatic heterocycles. The normalized spacial score (nSPS) is 29.4. The van der Waals surface area contributed by atoms with Gasteiger partial charge in [-0.2, -0.15) is 0 Å². The maximum atomic E-state index is 12.4. The highest BCUT2D eigenvalue weighted by Gasteiger charge is 2.44. The van der Waals surface area contributed by atoms with Crippen LogP contribution >= 0.6 is 0 Å². The van der Waals surface area contributed by atoms with Crippen molar-refractivity contribution in [3.63, 3.8) is 0 Å². The Balaban J connectivity index is 2.14. The lowest BCUT2D eigenvalue weighted by Gasteiger charge is -2.48. The molecule has 3 unspecified atom stereocenters. The Kier molecular flexibility index (Phi) is 4.42. The second kappa shape index (κ2) is 5.88. The zero-order valence-electron chi connectivity index (χ0n) is 11.6. The van der Waals surface area contributed by atoms with E-state index in [1.165, 1.54) is 4.90 Å². The summed E-state index contributed by atoms with van der Waals surface area (Å²) in [6.45, 7) is 5.74. The van der Waals surface area contributed by atoms with Gasteiger partial charge in [0.05, 0.1) is 13.2 Å². The number of rotatable bonds is 4. The van der Waals surface area contributed by atoms with Crippen LogP contribution in [0, 0.1) is 5.92 Å². The number of piperazine rings is 1. The molecule has 0 saturated carbocycles. The van der Waals surface area contributed by atoms with Gasteiger partial charge in [-0.1, -0.05) is 20.3 Å². The van der Waals surface area contributed by atoms with Crippen molar-refractivity contribution in [3.8, 4) is 0 Å². The standard InChI is InChI=1S/C13H23N3O3/c1-3-9(2)6-15-7-11-14-5-4-12(18)16(11)10(8-17)13(15)19/h9-11,14,17H,3-8H2,1-2H3. The average Bonchev–Trinajstić information content (AvgIpc) is 2.40. The maximum absolute atomic E-state index is 12.4. The molecule has 0 aliphatic carbocycles. The summed E-state index contributed by atoms with van der Waals surface area (Å²) in [5.41, 5.74) is 0. The van der Waals surface area contributed by atoms with Crippen LogP contribution in [0.3, 0.4) is 0 Å². The van der Waals surface area contributed by atoms with E-state index in [2.05, 4.69) is 19.2 Å². The molecule has 2 aliphatic rings. The van der Waals surface area contributed by atoms with Crippen molar-refractivity contribution in [1.82, 2.24) is 15.1 Å². The Morgan fingerprint density at radius 1 is 1.47 bits per heavy atom. The predicted octanol–water partition coefficient (Wildman–Crippen LogP) is -0.616. The van der Waals surface area contributed by atoms with Gasteiger partial charge in [-0.25, -0.2) is 0 Å². The first-order chi connectivity index (χ1) is 9.08. The zero-order valence-corrected chi connectivity index (χ0v) is 11.6. The van der Waals surface area contributed by atoms with E-state index < -0.39 is 6.04 Å². The van der Waals surface area contributed by atoms with Crippen LogP contribution in [0.25, 0.3) is 0 Å². The molecular weight excluding hydrogens is 246 g/mol. The fourth-order valence-electron chi connectivity index (χ4n) is 2.75. The zero-order chi connectivity index (χ0) is 14.0. The van der Waals surface area contributed by atoms with Crippen molar-refractivity contribution >= 4 is 11.8 Å². The molecular formula is C13H23N3O3. The van der Waals surface area contributed by atoms with Crippen LogP contribution in [0.5, 0.6) is 0 Å². The summed E-state index contributed by atoms with van der Waals surface area (Å²) in [6.07, 6.45) is 1.25. The summed E-state index contributed by atoms with van der Waals surface area (Å²) in [5, 5.41) is 12.7. The highest BCUT2D eigenvalue weighted by Crippen LogP contribution is 2.21. The van der Waals surface area contributed by atoms with E-state index in [0.29, 0.717) is 32.0 Å². The molecule has 0 radical (unpaired) electrons. The van der Waals surface area contributed by atoms with E-state index in [4.69, 9.17) is 0 Å². The van der Waals surface area contributed by atoms with Crippen molar-refractivity contribution < 1.29 is 14.7 Å². The number of hydrogen-bond donors (Lipinski definition) is 2. The van der Waals surface area contributed by atoms with Crippen LogP contribution in [0.2, 0.25) is 0 Å². The molecule has 0 aromatic rings. The predicted molar refractivity (Wildman–Crippen MR) is 70.2 cm³/mol. The van der Waals surface area contributed by atoms with Gasteiger partial charge < -0.3 is 14.9 Å². The lowest BCUT2D eigenvalue weighted by molar-refractivity contribution is -0.162. The van der Waals surface area contributed by atoms with Gasteiger partial charge in [0.1, 0.15) is 12.2 Å². The van der Waals surface area contributed by atoms with Crippen LogP contribution in [0.1, 0.15) is 26.7 Å². The number of fused-ring (bicyclic) bond motifs is 1. The molecule has 0 bridgehead atoms. The highest BCUT2D eigenvalue weighted by atomic mass is 16.3. The molecule has 6 heteroatoms. The molecule has 6 nitrogen and oxygen atoms in total. The number of amides is 2. The number of carbonyl (C=O) groups excluding carboxylic acids is 2. The number of aliphatic hydroxyl groups is 1. The molecule has 2 N–H and O–H groups in total. The molecule has 2 saturated heterocycles. The number of aliphatic hydroxyl groups excluding tert-OH is 1.